The van der Waals surface area contributed by atoms with Crippen molar-refractivity contribution in [1.82, 2.24) is 20.3 Å². The highest BCUT2D eigenvalue weighted by atomic mass is 35.5. The number of nitrogens with zero attached hydrogens (tertiary/aromatic N) is 3. The number of carbonyl (C=O) groups excluding carboxylic acids is 1. The second-order valence-electron chi connectivity index (χ2n) is 6.86. The van der Waals surface area contributed by atoms with Gasteiger partial charge in [0, 0.05) is 13.1 Å². The molecular weight excluding hydrogens is 490 g/mol. The molecule has 4 rings (SSSR count). The SMILES string of the molecule is CNC(=O)c1c(-c2c(F)cccc2Cl)noc1-c1cnn(-c2cc(F)cc(F)c2)c1C(F)(F)F. The van der Waals surface area contributed by atoms with Gasteiger partial charge in [0.25, 0.3) is 5.91 Å². The largest absolute Gasteiger partial charge is 0.434 e. The molecule has 1 N–H and O–H groups in total. The first-order valence-electron chi connectivity index (χ1n) is 9.31. The molecule has 4 aromatic rings. The molecule has 0 fully saturated rings. The Morgan fingerprint density at radius 3 is 2.38 bits per heavy atom. The van der Waals surface area contributed by atoms with E-state index in [2.05, 4.69) is 15.6 Å². The molecule has 0 saturated carbocycles. The number of halogens is 7. The highest BCUT2D eigenvalue weighted by molar-refractivity contribution is 6.33. The second-order valence-corrected chi connectivity index (χ2v) is 7.26. The second kappa shape index (κ2) is 8.52. The Labute approximate surface area is 191 Å². The van der Waals surface area contributed by atoms with E-state index in [9.17, 15) is 31.1 Å². The van der Waals surface area contributed by atoms with Gasteiger partial charge >= 0.3 is 6.18 Å². The number of rotatable bonds is 4. The fourth-order valence-electron chi connectivity index (χ4n) is 3.35. The summed E-state index contributed by atoms with van der Waals surface area (Å²) < 4.78 is 89.4. The molecule has 0 bridgehead atoms. The third kappa shape index (κ3) is 4.00. The number of hydrogen-bond acceptors (Lipinski definition) is 4. The molecule has 0 radical (unpaired) electrons. The molecule has 2 aromatic heterocycles. The third-order valence-corrected chi connectivity index (χ3v) is 5.03. The highest BCUT2D eigenvalue weighted by Gasteiger charge is 2.42. The minimum Gasteiger partial charge on any atom is -0.355 e. The van der Waals surface area contributed by atoms with Crippen molar-refractivity contribution in [2.45, 2.75) is 6.18 Å². The van der Waals surface area contributed by atoms with Gasteiger partial charge in [-0.25, -0.2) is 17.9 Å². The summed E-state index contributed by atoms with van der Waals surface area (Å²) in [4.78, 5) is 12.6. The lowest BCUT2D eigenvalue weighted by molar-refractivity contribution is -0.142. The van der Waals surface area contributed by atoms with Gasteiger partial charge in [0.2, 0.25) is 0 Å². The number of benzene rings is 2. The van der Waals surface area contributed by atoms with Crippen LogP contribution in [0.3, 0.4) is 0 Å². The van der Waals surface area contributed by atoms with Crippen LogP contribution in [0, 0.1) is 17.5 Å². The van der Waals surface area contributed by atoms with Crippen LogP contribution in [0.4, 0.5) is 26.3 Å². The zero-order chi connectivity index (χ0) is 24.8. The molecule has 2 heterocycles. The van der Waals surface area contributed by atoms with Crippen molar-refractivity contribution in [2.24, 2.45) is 0 Å². The summed E-state index contributed by atoms with van der Waals surface area (Å²) in [5, 5.41) is 9.25. The van der Waals surface area contributed by atoms with Crippen LogP contribution in [-0.2, 0) is 6.18 Å². The predicted molar refractivity (Wildman–Crippen MR) is 108 cm³/mol. The van der Waals surface area contributed by atoms with Gasteiger partial charge in [-0.05, 0) is 24.3 Å². The molecule has 6 nitrogen and oxygen atoms in total. The van der Waals surface area contributed by atoms with Crippen molar-refractivity contribution in [2.75, 3.05) is 7.05 Å². The Bertz CT molecular complexity index is 1370. The zero-order valence-corrected chi connectivity index (χ0v) is 17.6. The van der Waals surface area contributed by atoms with Crippen LogP contribution in [0.15, 0.2) is 47.1 Å². The first-order valence-corrected chi connectivity index (χ1v) is 9.69. The Hall–Kier alpha value is -3.80. The van der Waals surface area contributed by atoms with E-state index in [4.69, 9.17) is 16.1 Å². The van der Waals surface area contributed by atoms with Crippen LogP contribution in [0.25, 0.3) is 28.3 Å². The third-order valence-electron chi connectivity index (χ3n) is 4.72. The van der Waals surface area contributed by atoms with Gasteiger partial charge in [0.15, 0.2) is 11.5 Å². The van der Waals surface area contributed by atoms with Gasteiger partial charge in [0.05, 0.1) is 28.0 Å². The summed E-state index contributed by atoms with van der Waals surface area (Å²) in [6.45, 7) is 0. The predicted octanol–water partition coefficient (Wildman–Crippen LogP) is 5.64. The summed E-state index contributed by atoms with van der Waals surface area (Å²) in [6.07, 6.45) is -4.44. The van der Waals surface area contributed by atoms with E-state index in [1.165, 1.54) is 19.2 Å². The number of nitrogens with one attached hydrogen (secondary N) is 1. The molecular formula is C21H11ClF6N4O2. The zero-order valence-electron chi connectivity index (χ0n) is 16.8. The molecule has 176 valence electrons. The summed E-state index contributed by atoms with van der Waals surface area (Å²) in [7, 11) is 1.19. The minimum atomic E-state index is -5.13. The first kappa shape index (κ1) is 23.4. The first-order chi connectivity index (χ1) is 16.0. The van der Waals surface area contributed by atoms with E-state index in [1.807, 2.05) is 0 Å². The topological polar surface area (TPSA) is 73.0 Å². The molecule has 0 aliphatic heterocycles. The van der Waals surface area contributed by atoms with E-state index in [0.29, 0.717) is 24.4 Å². The maximum absolute atomic E-state index is 14.5. The van der Waals surface area contributed by atoms with Crippen molar-refractivity contribution in [1.29, 1.82) is 0 Å². The number of carbonyl (C=O) groups is 1. The lowest BCUT2D eigenvalue weighted by atomic mass is 10.0. The fraction of sp³-hybridized carbons (Fsp3) is 0.0952. The van der Waals surface area contributed by atoms with Crippen LogP contribution in [0.1, 0.15) is 16.1 Å². The lowest BCUT2D eigenvalue weighted by Gasteiger charge is -2.13. The molecule has 0 unspecified atom stereocenters. The van der Waals surface area contributed by atoms with Crippen molar-refractivity contribution < 1.29 is 35.7 Å². The van der Waals surface area contributed by atoms with Crippen LogP contribution >= 0.6 is 11.6 Å². The smallest absolute Gasteiger partial charge is 0.355 e. The minimum absolute atomic E-state index is 0.174. The fourth-order valence-corrected chi connectivity index (χ4v) is 3.60. The average molecular weight is 501 g/mol. The van der Waals surface area contributed by atoms with Crippen molar-refractivity contribution in [3.63, 3.8) is 0 Å². The molecule has 0 atom stereocenters. The van der Waals surface area contributed by atoms with E-state index in [0.717, 1.165) is 6.07 Å². The van der Waals surface area contributed by atoms with Crippen LogP contribution in [-0.4, -0.2) is 27.9 Å². The lowest BCUT2D eigenvalue weighted by Crippen LogP contribution is -2.20. The van der Waals surface area contributed by atoms with E-state index in [-0.39, 0.29) is 15.3 Å². The van der Waals surface area contributed by atoms with Crippen LogP contribution < -0.4 is 5.32 Å². The average Bonchev–Trinajstić information content (AvgIpc) is 3.37. The van der Waals surface area contributed by atoms with E-state index >= 15 is 0 Å². The van der Waals surface area contributed by atoms with Gasteiger partial charge < -0.3 is 9.84 Å². The molecule has 0 aliphatic rings. The molecule has 0 saturated heterocycles. The van der Waals surface area contributed by atoms with Crippen LogP contribution in [0.5, 0.6) is 0 Å². The molecule has 0 aliphatic carbocycles. The van der Waals surface area contributed by atoms with E-state index in [1.54, 1.807) is 0 Å². The highest BCUT2D eigenvalue weighted by Crippen LogP contribution is 2.42. The van der Waals surface area contributed by atoms with Crippen molar-refractivity contribution >= 4 is 17.5 Å². The Kier molecular flexibility index (Phi) is 5.86. The quantitative estimate of drug-likeness (QED) is 0.368. The van der Waals surface area contributed by atoms with Gasteiger partial charge in [0.1, 0.15) is 28.7 Å². The summed E-state index contributed by atoms with van der Waals surface area (Å²) in [5.41, 5.74) is -4.23. The standard InChI is InChI=1S/C21H11ClF6N4O2/c1-29-20(33)16-17(15-13(22)3-2-4-14(15)25)31-34-18(16)12-8-30-32(19(12)21(26,27)28)11-6-9(23)5-10(24)7-11/h2-8H,1H3,(H,29,33). The summed E-state index contributed by atoms with van der Waals surface area (Å²) >= 11 is 6.04. The maximum Gasteiger partial charge on any atom is 0.434 e. The number of aromatic nitrogens is 3. The number of alkyl halides is 3. The monoisotopic (exact) mass is 500 g/mol. The Morgan fingerprint density at radius 2 is 1.79 bits per heavy atom. The van der Waals surface area contributed by atoms with Crippen molar-refractivity contribution in [3.8, 4) is 28.3 Å². The van der Waals surface area contributed by atoms with E-state index < -0.39 is 63.5 Å². The maximum atomic E-state index is 14.5. The Balaban J connectivity index is 2.02. The molecule has 34 heavy (non-hydrogen) atoms. The van der Waals surface area contributed by atoms with Gasteiger partial charge in [-0.3, -0.25) is 4.79 Å². The summed E-state index contributed by atoms with van der Waals surface area (Å²) in [5.74, 6) is -4.84. The van der Waals surface area contributed by atoms with Gasteiger partial charge in [-0.15, -0.1) is 0 Å². The Morgan fingerprint density at radius 1 is 1.12 bits per heavy atom. The molecule has 13 heteroatoms. The number of hydrogen-bond donors (Lipinski definition) is 1. The normalized spacial score (nSPS) is 11.6. The summed E-state index contributed by atoms with van der Waals surface area (Å²) in [6, 6.07) is 5.34. The van der Waals surface area contributed by atoms with Gasteiger partial charge in [-0.2, -0.15) is 18.3 Å². The van der Waals surface area contributed by atoms with Crippen LogP contribution in [0.2, 0.25) is 5.02 Å². The van der Waals surface area contributed by atoms with Crippen molar-refractivity contribution in [3.05, 3.63) is 76.3 Å². The van der Waals surface area contributed by atoms with Gasteiger partial charge in [-0.1, -0.05) is 22.8 Å². The number of amides is 1. The molecule has 1 amide bonds. The molecule has 2 aromatic carbocycles. The molecule has 0 spiro atoms.